The van der Waals surface area contributed by atoms with Gasteiger partial charge >= 0.3 is 0 Å². The molecule has 82 valence electrons. The monoisotopic (exact) mass is 322 g/mol. The highest BCUT2D eigenvalue weighted by molar-refractivity contribution is 14.1. The van der Waals surface area contributed by atoms with Crippen LogP contribution in [0.15, 0.2) is 48.5 Å². The molecule has 0 aromatic heterocycles. The van der Waals surface area contributed by atoms with E-state index < -0.39 is 0 Å². The Bertz CT molecular complexity index is 440. The zero-order valence-electron chi connectivity index (χ0n) is 9.41. The molecule has 0 unspecified atom stereocenters. The Morgan fingerprint density at radius 1 is 0.750 bits per heavy atom. The highest BCUT2D eigenvalue weighted by Crippen LogP contribution is 2.13. The molecule has 0 aliphatic rings. The molecule has 0 nitrogen and oxygen atoms in total. The van der Waals surface area contributed by atoms with Crippen LogP contribution in [0.3, 0.4) is 0 Å². The van der Waals surface area contributed by atoms with Crippen LogP contribution < -0.4 is 0 Å². The van der Waals surface area contributed by atoms with Gasteiger partial charge in [0.05, 0.1) is 0 Å². The summed E-state index contributed by atoms with van der Waals surface area (Å²) in [6, 6.07) is 17.7. The first-order valence-corrected chi connectivity index (χ1v) is 7.00. The van der Waals surface area contributed by atoms with Crippen molar-refractivity contribution in [1.29, 1.82) is 0 Å². The van der Waals surface area contributed by atoms with Crippen LogP contribution in [-0.4, -0.2) is 0 Å². The highest BCUT2D eigenvalue weighted by Gasteiger charge is 1.96. The summed E-state index contributed by atoms with van der Waals surface area (Å²) in [5.41, 5.74) is 5.49. The molecule has 0 saturated heterocycles. The highest BCUT2D eigenvalue weighted by atomic mass is 127. The number of rotatable bonds is 3. The lowest BCUT2D eigenvalue weighted by Crippen LogP contribution is -1.88. The molecule has 0 bridgehead atoms. The molecule has 2 rings (SSSR count). The molecule has 2 aromatic rings. The Balaban J connectivity index is 2.11. The molecule has 0 heterocycles. The maximum absolute atomic E-state index is 2.39. The molecule has 16 heavy (non-hydrogen) atoms. The van der Waals surface area contributed by atoms with Gasteiger partial charge < -0.3 is 0 Å². The number of halogens is 1. The van der Waals surface area contributed by atoms with E-state index in [1.807, 2.05) is 0 Å². The van der Waals surface area contributed by atoms with Gasteiger partial charge in [-0.3, -0.25) is 0 Å². The number of hydrogen-bond donors (Lipinski definition) is 0. The molecule has 0 fully saturated rings. The lowest BCUT2D eigenvalue weighted by molar-refractivity contribution is 1.18. The minimum Gasteiger partial charge on any atom is -0.0812 e. The summed E-state index contributed by atoms with van der Waals surface area (Å²) < 4.78 is 1.09. The first-order chi connectivity index (χ1) is 7.78. The van der Waals surface area contributed by atoms with Crippen LogP contribution >= 0.6 is 22.6 Å². The predicted molar refractivity (Wildman–Crippen MR) is 78.2 cm³/mol. The zero-order chi connectivity index (χ0) is 11.4. The summed E-state index contributed by atoms with van der Waals surface area (Å²) in [4.78, 5) is 0. The maximum Gasteiger partial charge on any atom is 0.0247 e. The first kappa shape index (κ1) is 11.6. The van der Waals surface area contributed by atoms with Crippen molar-refractivity contribution in [2.75, 3.05) is 0 Å². The fourth-order valence-corrected chi connectivity index (χ4v) is 2.20. The molecule has 0 atom stereocenters. The summed E-state index contributed by atoms with van der Waals surface area (Å²) in [5.74, 6) is 0. The Morgan fingerprint density at radius 3 is 1.69 bits per heavy atom. The smallest absolute Gasteiger partial charge is 0.0247 e. The zero-order valence-corrected chi connectivity index (χ0v) is 11.6. The van der Waals surface area contributed by atoms with Crippen molar-refractivity contribution in [3.63, 3.8) is 0 Å². The minimum atomic E-state index is 1.03. The molecular weight excluding hydrogens is 307 g/mol. The van der Waals surface area contributed by atoms with Crippen LogP contribution in [0.5, 0.6) is 0 Å². The van der Waals surface area contributed by atoms with Crippen LogP contribution in [-0.2, 0) is 10.8 Å². The van der Waals surface area contributed by atoms with E-state index in [4.69, 9.17) is 0 Å². The standard InChI is InChI=1S/C15H15I/c1-12-2-4-13(5-3-12)10-14-6-8-15(11-16)9-7-14/h2-9H,10-11H2,1H3. The van der Waals surface area contributed by atoms with E-state index in [0.717, 1.165) is 10.8 Å². The van der Waals surface area contributed by atoms with E-state index in [-0.39, 0.29) is 0 Å². The van der Waals surface area contributed by atoms with E-state index in [9.17, 15) is 0 Å². The third-order valence-electron chi connectivity index (χ3n) is 2.71. The van der Waals surface area contributed by atoms with Gasteiger partial charge in [-0.25, -0.2) is 0 Å². The van der Waals surface area contributed by atoms with Gasteiger partial charge in [0.15, 0.2) is 0 Å². The average Bonchev–Trinajstić information content (AvgIpc) is 2.33. The molecule has 0 radical (unpaired) electrons. The largest absolute Gasteiger partial charge is 0.0812 e. The van der Waals surface area contributed by atoms with Gasteiger partial charge in [0.1, 0.15) is 0 Å². The summed E-state index contributed by atoms with van der Waals surface area (Å²) >= 11 is 2.39. The summed E-state index contributed by atoms with van der Waals surface area (Å²) in [6.45, 7) is 2.12. The van der Waals surface area contributed by atoms with Crippen molar-refractivity contribution in [2.45, 2.75) is 17.8 Å². The minimum absolute atomic E-state index is 1.03. The van der Waals surface area contributed by atoms with Crippen LogP contribution in [0.2, 0.25) is 0 Å². The Labute approximate surface area is 111 Å². The van der Waals surface area contributed by atoms with E-state index in [2.05, 4.69) is 78.0 Å². The quantitative estimate of drug-likeness (QED) is 0.576. The van der Waals surface area contributed by atoms with Crippen molar-refractivity contribution in [1.82, 2.24) is 0 Å². The van der Waals surface area contributed by atoms with E-state index in [1.165, 1.54) is 22.3 Å². The van der Waals surface area contributed by atoms with Gasteiger partial charge in [-0.2, -0.15) is 0 Å². The number of alkyl halides is 1. The summed E-state index contributed by atoms with van der Waals surface area (Å²) in [5, 5.41) is 0. The lowest BCUT2D eigenvalue weighted by Gasteiger charge is -2.03. The van der Waals surface area contributed by atoms with Crippen LogP contribution in [0.1, 0.15) is 22.3 Å². The van der Waals surface area contributed by atoms with E-state index in [0.29, 0.717) is 0 Å². The predicted octanol–water partition coefficient (Wildman–Crippen LogP) is 4.52. The van der Waals surface area contributed by atoms with Gasteiger partial charge in [-0.1, -0.05) is 76.7 Å². The van der Waals surface area contributed by atoms with E-state index in [1.54, 1.807) is 0 Å². The second-order valence-corrected chi connectivity index (χ2v) is 4.88. The van der Waals surface area contributed by atoms with Crippen molar-refractivity contribution < 1.29 is 0 Å². The fourth-order valence-electron chi connectivity index (χ4n) is 1.69. The van der Waals surface area contributed by atoms with Crippen LogP contribution in [0, 0.1) is 6.92 Å². The van der Waals surface area contributed by atoms with Crippen LogP contribution in [0.4, 0.5) is 0 Å². The molecule has 0 aliphatic carbocycles. The molecule has 0 N–H and O–H groups in total. The van der Waals surface area contributed by atoms with E-state index >= 15 is 0 Å². The topological polar surface area (TPSA) is 0 Å². The molecular formula is C15H15I. The molecule has 2 aromatic carbocycles. The van der Waals surface area contributed by atoms with Crippen molar-refractivity contribution in [2.24, 2.45) is 0 Å². The SMILES string of the molecule is Cc1ccc(Cc2ccc(CI)cc2)cc1. The number of aryl methyl sites for hydroxylation is 1. The lowest BCUT2D eigenvalue weighted by atomic mass is 10.0. The van der Waals surface area contributed by atoms with Gasteiger partial charge in [0.25, 0.3) is 0 Å². The van der Waals surface area contributed by atoms with Crippen molar-refractivity contribution in [3.05, 3.63) is 70.8 Å². The first-order valence-electron chi connectivity index (χ1n) is 5.47. The second kappa shape index (κ2) is 5.48. The molecule has 0 amide bonds. The van der Waals surface area contributed by atoms with Gasteiger partial charge in [-0.15, -0.1) is 0 Å². The average molecular weight is 322 g/mol. The molecule has 0 spiro atoms. The van der Waals surface area contributed by atoms with Crippen molar-refractivity contribution >= 4 is 22.6 Å². The van der Waals surface area contributed by atoms with Crippen molar-refractivity contribution in [3.8, 4) is 0 Å². The summed E-state index contributed by atoms with van der Waals surface area (Å²) in [6.07, 6.45) is 1.03. The Hall–Kier alpha value is -0.830. The molecule has 0 saturated carbocycles. The fraction of sp³-hybridized carbons (Fsp3) is 0.200. The summed E-state index contributed by atoms with van der Waals surface area (Å²) in [7, 11) is 0. The Kier molecular flexibility index (Phi) is 3.99. The molecule has 0 aliphatic heterocycles. The van der Waals surface area contributed by atoms with Gasteiger partial charge in [-0.05, 0) is 30.0 Å². The normalized spacial score (nSPS) is 10.4. The second-order valence-electron chi connectivity index (χ2n) is 4.11. The third-order valence-corrected chi connectivity index (χ3v) is 3.59. The third kappa shape index (κ3) is 3.08. The molecule has 1 heteroatoms. The number of hydrogen-bond acceptors (Lipinski definition) is 0. The Morgan fingerprint density at radius 2 is 1.19 bits per heavy atom. The maximum atomic E-state index is 2.39. The van der Waals surface area contributed by atoms with Crippen LogP contribution in [0.25, 0.3) is 0 Å². The number of benzene rings is 2. The van der Waals surface area contributed by atoms with Gasteiger partial charge in [0.2, 0.25) is 0 Å². The van der Waals surface area contributed by atoms with Gasteiger partial charge in [0, 0.05) is 4.43 Å².